The predicted molar refractivity (Wildman–Crippen MR) is 146 cm³/mol. The molecule has 1 N–H and O–H groups in total. The van der Waals surface area contributed by atoms with Crippen molar-refractivity contribution in [3.05, 3.63) is 36.2 Å². The SMILES string of the molecule is C[C@@H](Oc1nc(-c2ccc(N3CCN(C4COC4)CC3)c(C#N)c2)cc2ncn(C3CC3)c12)[C@H]1CNC(=O)C1. The number of nitrogens with one attached hydrogen (secondary N) is 1. The van der Waals surface area contributed by atoms with Gasteiger partial charge in [0.05, 0.1) is 48.0 Å². The number of hydrogen-bond donors (Lipinski definition) is 1. The van der Waals surface area contributed by atoms with Gasteiger partial charge in [-0.15, -0.1) is 0 Å². The minimum Gasteiger partial charge on any atom is -0.473 e. The van der Waals surface area contributed by atoms with Gasteiger partial charge >= 0.3 is 0 Å². The number of amides is 1. The van der Waals surface area contributed by atoms with E-state index in [-0.39, 0.29) is 17.9 Å². The number of fused-ring (bicyclic) bond motifs is 1. The number of piperazine rings is 1. The summed E-state index contributed by atoms with van der Waals surface area (Å²) in [7, 11) is 0. The van der Waals surface area contributed by atoms with Crippen molar-refractivity contribution in [2.24, 2.45) is 5.92 Å². The van der Waals surface area contributed by atoms with Gasteiger partial charge in [0.25, 0.3) is 0 Å². The van der Waals surface area contributed by atoms with E-state index < -0.39 is 0 Å². The maximum absolute atomic E-state index is 11.8. The van der Waals surface area contributed by atoms with Crippen molar-refractivity contribution in [2.45, 2.75) is 44.4 Å². The van der Waals surface area contributed by atoms with Crippen LogP contribution in [0.4, 0.5) is 5.69 Å². The lowest BCUT2D eigenvalue weighted by Gasteiger charge is -2.43. The summed E-state index contributed by atoms with van der Waals surface area (Å²) in [6, 6.07) is 11.4. The molecule has 7 rings (SSSR count). The molecule has 3 aliphatic heterocycles. The number of nitriles is 1. The molecule has 10 heteroatoms. The number of aromatic nitrogens is 3. The number of hydrogen-bond acceptors (Lipinski definition) is 8. The van der Waals surface area contributed by atoms with Crippen LogP contribution in [0.5, 0.6) is 5.88 Å². The Balaban J connectivity index is 1.19. The molecule has 4 fully saturated rings. The fourth-order valence-electron chi connectivity index (χ4n) is 5.94. The van der Waals surface area contributed by atoms with Crippen LogP contribution in [0.15, 0.2) is 30.6 Å². The summed E-state index contributed by atoms with van der Waals surface area (Å²) in [5, 5.41) is 13.0. The van der Waals surface area contributed by atoms with Crippen LogP contribution in [0.2, 0.25) is 0 Å². The second-order valence-corrected chi connectivity index (χ2v) is 11.2. The fraction of sp³-hybridized carbons (Fsp3) is 0.517. The normalized spacial score (nSPS) is 22.9. The van der Waals surface area contributed by atoms with Crippen molar-refractivity contribution in [1.82, 2.24) is 24.8 Å². The van der Waals surface area contributed by atoms with E-state index in [0.717, 1.165) is 80.2 Å². The minimum atomic E-state index is -0.181. The molecule has 1 aromatic carbocycles. The zero-order valence-electron chi connectivity index (χ0n) is 22.2. The number of nitrogens with zero attached hydrogens (tertiary/aromatic N) is 6. The Morgan fingerprint density at radius 1 is 1.15 bits per heavy atom. The highest BCUT2D eigenvalue weighted by atomic mass is 16.5. The van der Waals surface area contributed by atoms with Crippen LogP contribution in [0.1, 0.15) is 37.8 Å². The Hall–Kier alpha value is -3.68. The van der Waals surface area contributed by atoms with Crippen molar-refractivity contribution in [3.63, 3.8) is 0 Å². The van der Waals surface area contributed by atoms with E-state index in [1.807, 2.05) is 37.5 Å². The molecule has 202 valence electrons. The number of benzene rings is 1. The Morgan fingerprint density at radius 2 is 1.97 bits per heavy atom. The lowest BCUT2D eigenvalue weighted by molar-refractivity contribution is -0.119. The molecule has 1 amide bonds. The molecule has 3 aromatic rings. The Bertz CT molecular complexity index is 1450. The lowest BCUT2D eigenvalue weighted by Crippen LogP contribution is -2.56. The van der Waals surface area contributed by atoms with Crippen LogP contribution < -0.4 is 15.0 Å². The molecule has 3 saturated heterocycles. The maximum atomic E-state index is 11.8. The van der Waals surface area contributed by atoms with Crippen LogP contribution in [-0.4, -0.2) is 83.4 Å². The van der Waals surface area contributed by atoms with Gasteiger partial charge in [0.1, 0.15) is 17.7 Å². The van der Waals surface area contributed by atoms with E-state index in [4.69, 9.17) is 19.4 Å². The third-order valence-electron chi connectivity index (χ3n) is 8.64. The van der Waals surface area contributed by atoms with Crippen molar-refractivity contribution in [3.8, 4) is 23.2 Å². The summed E-state index contributed by atoms with van der Waals surface area (Å²) >= 11 is 0. The van der Waals surface area contributed by atoms with Crippen molar-refractivity contribution >= 4 is 22.6 Å². The van der Waals surface area contributed by atoms with Gasteiger partial charge in [-0.25, -0.2) is 9.97 Å². The van der Waals surface area contributed by atoms with Crippen molar-refractivity contribution in [1.29, 1.82) is 5.26 Å². The average Bonchev–Trinajstić information content (AvgIpc) is 3.52. The topological polar surface area (TPSA) is 109 Å². The molecule has 2 aromatic heterocycles. The van der Waals surface area contributed by atoms with E-state index >= 15 is 0 Å². The number of imidazole rings is 1. The minimum absolute atomic E-state index is 0.0629. The summed E-state index contributed by atoms with van der Waals surface area (Å²) in [6.07, 6.45) is 4.41. The molecule has 2 atom stereocenters. The van der Waals surface area contributed by atoms with Crippen molar-refractivity contribution in [2.75, 3.05) is 50.8 Å². The summed E-state index contributed by atoms with van der Waals surface area (Å²) in [6.45, 7) is 8.00. The van der Waals surface area contributed by atoms with Crippen LogP contribution >= 0.6 is 0 Å². The van der Waals surface area contributed by atoms with Crippen LogP contribution in [0.3, 0.4) is 0 Å². The zero-order chi connectivity index (χ0) is 26.5. The second-order valence-electron chi connectivity index (χ2n) is 11.2. The maximum Gasteiger partial charge on any atom is 0.241 e. The number of pyridine rings is 1. The van der Waals surface area contributed by atoms with Gasteiger partial charge in [0, 0.05) is 56.7 Å². The molecule has 0 unspecified atom stereocenters. The Labute approximate surface area is 227 Å². The van der Waals surface area contributed by atoms with Crippen LogP contribution in [-0.2, 0) is 9.53 Å². The molecule has 0 spiro atoms. The highest BCUT2D eigenvalue weighted by Crippen LogP contribution is 2.41. The van der Waals surface area contributed by atoms with E-state index in [1.54, 1.807) is 0 Å². The number of anilines is 1. The third kappa shape index (κ3) is 4.60. The number of ether oxygens (including phenoxy) is 2. The molecule has 0 bridgehead atoms. The highest BCUT2D eigenvalue weighted by Gasteiger charge is 2.32. The first-order valence-electron chi connectivity index (χ1n) is 14.0. The Morgan fingerprint density at radius 3 is 2.64 bits per heavy atom. The standard InChI is InChI=1S/C29H33N7O3/c1-18(21-11-27(37)31-14-21)39-29-28-25(32-17-36(28)22-3-4-22)12-24(33-29)19-2-5-26(20(10-19)13-30)35-8-6-34(7-9-35)23-15-38-16-23/h2,5,10,12,17-18,21-23H,3-4,6-9,11,14-16H2,1H3,(H,31,37)/t18-,21-/m1/s1. The molecule has 5 heterocycles. The lowest BCUT2D eigenvalue weighted by atomic mass is 10.0. The van der Waals surface area contributed by atoms with E-state index in [9.17, 15) is 10.1 Å². The van der Waals surface area contributed by atoms with Crippen molar-refractivity contribution < 1.29 is 14.3 Å². The quantitative estimate of drug-likeness (QED) is 0.500. The molecular weight excluding hydrogens is 494 g/mol. The first-order valence-corrected chi connectivity index (χ1v) is 14.0. The average molecular weight is 528 g/mol. The van der Waals surface area contributed by atoms with E-state index in [2.05, 4.69) is 25.8 Å². The van der Waals surface area contributed by atoms with Gasteiger partial charge in [-0.2, -0.15) is 5.26 Å². The van der Waals surface area contributed by atoms with Gasteiger partial charge in [0.15, 0.2) is 0 Å². The van der Waals surface area contributed by atoms with Crippen LogP contribution in [0, 0.1) is 17.2 Å². The summed E-state index contributed by atoms with van der Waals surface area (Å²) in [5.74, 6) is 0.697. The van der Waals surface area contributed by atoms with Gasteiger partial charge in [-0.3, -0.25) is 9.69 Å². The van der Waals surface area contributed by atoms with Crippen LogP contribution in [0.25, 0.3) is 22.3 Å². The van der Waals surface area contributed by atoms with Gasteiger partial charge < -0.3 is 24.3 Å². The summed E-state index contributed by atoms with van der Waals surface area (Å²) in [4.78, 5) is 26.3. The molecule has 1 saturated carbocycles. The molecule has 39 heavy (non-hydrogen) atoms. The molecule has 1 aliphatic carbocycles. The first kappa shape index (κ1) is 24.4. The predicted octanol–water partition coefficient (Wildman–Crippen LogP) is 2.73. The number of rotatable bonds is 7. The molecule has 10 nitrogen and oxygen atoms in total. The third-order valence-corrected chi connectivity index (χ3v) is 8.64. The monoisotopic (exact) mass is 527 g/mol. The number of carbonyl (C=O) groups is 1. The van der Waals surface area contributed by atoms with Gasteiger partial charge in [0.2, 0.25) is 11.8 Å². The van der Waals surface area contributed by atoms with E-state index in [0.29, 0.717) is 36.5 Å². The van der Waals surface area contributed by atoms with Gasteiger partial charge in [-0.1, -0.05) is 6.07 Å². The highest BCUT2D eigenvalue weighted by molar-refractivity contribution is 5.85. The summed E-state index contributed by atoms with van der Waals surface area (Å²) in [5.41, 5.74) is 4.92. The van der Waals surface area contributed by atoms with E-state index in [1.165, 1.54) is 0 Å². The second kappa shape index (κ2) is 9.81. The zero-order valence-corrected chi connectivity index (χ0v) is 22.2. The fourth-order valence-corrected chi connectivity index (χ4v) is 5.94. The van der Waals surface area contributed by atoms with Gasteiger partial charge in [-0.05, 0) is 38.0 Å². The number of carbonyl (C=O) groups excluding carboxylic acids is 1. The molecular formula is C29H33N7O3. The summed E-state index contributed by atoms with van der Waals surface area (Å²) < 4.78 is 14.0. The first-order chi connectivity index (χ1) is 19.1. The molecule has 4 aliphatic rings. The smallest absolute Gasteiger partial charge is 0.241 e. The largest absolute Gasteiger partial charge is 0.473 e. The Kier molecular flexibility index (Phi) is 6.13. The molecule has 0 radical (unpaired) electrons.